The second-order valence-electron chi connectivity index (χ2n) is 5.10. The molecule has 0 saturated heterocycles. The van der Waals surface area contributed by atoms with Crippen LogP contribution in [0.25, 0.3) is 0 Å². The third-order valence-corrected chi connectivity index (χ3v) is 5.46. The summed E-state index contributed by atoms with van der Waals surface area (Å²) in [6.45, 7) is 2.15. The topological polar surface area (TPSA) is 83.9 Å². The van der Waals surface area contributed by atoms with E-state index in [1.807, 2.05) is 6.92 Å². The van der Waals surface area contributed by atoms with Crippen molar-refractivity contribution in [1.29, 1.82) is 0 Å². The number of carbonyl (C=O) groups is 1. The molecular weight excluding hydrogens is 366 g/mol. The van der Waals surface area contributed by atoms with E-state index in [0.29, 0.717) is 23.1 Å². The largest absolute Gasteiger partial charge is 0.494 e. The third kappa shape index (κ3) is 4.87. The van der Waals surface area contributed by atoms with Gasteiger partial charge in [-0.15, -0.1) is 0 Å². The Kier molecular flexibility index (Phi) is 6.27. The van der Waals surface area contributed by atoms with Crippen molar-refractivity contribution < 1.29 is 23.1 Å². The van der Waals surface area contributed by atoms with E-state index in [-0.39, 0.29) is 17.9 Å². The van der Waals surface area contributed by atoms with Crippen LogP contribution in [0.5, 0.6) is 5.75 Å². The molecule has 8 heteroatoms. The van der Waals surface area contributed by atoms with Crippen LogP contribution >= 0.6 is 11.6 Å². The molecular formula is C17H18ClNO5S. The number of nitrogens with zero attached hydrogens (tertiary/aromatic N) is 1. The van der Waals surface area contributed by atoms with Crippen LogP contribution in [0, 0.1) is 0 Å². The fourth-order valence-corrected chi connectivity index (χ4v) is 3.79. The molecule has 0 saturated carbocycles. The molecule has 6 nitrogen and oxygen atoms in total. The minimum atomic E-state index is -3.92. The lowest BCUT2D eigenvalue weighted by Gasteiger charge is -2.24. The third-order valence-electron chi connectivity index (χ3n) is 3.37. The molecule has 0 radical (unpaired) electrons. The lowest BCUT2D eigenvalue weighted by molar-refractivity contribution is -0.136. The van der Waals surface area contributed by atoms with E-state index in [2.05, 4.69) is 0 Å². The summed E-state index contributed by atoms with van der Waals surface area (Å²) in [5.41, 5.74) is 0.361. The van der Waals surface area contributed by atoms with Gasteiger partial charge in [0, 0.05) is 11.6 Å². The van der Waals surface area contributed by atoms with Crippen LogP contribution in [0.2, 0.25) is 5.02 Å². The first-order valence-electron chi connectivity index (χ1n) is 7.57. The van der Waals surface area contributed by atoms with Crippen LogP contribution in [-0.4, -0.2) is 32.6 Å². The minimum Gasteiger partial charge on any atom is -0.494 e. The number of ether oxygens (including phenoxy) is 1. The zero-order chi connectivity index (χ0) is 18.4. The van der Waals surface area contributed by atoms with Gasteiger partial charge in [0.2, 0.25) is 0 Å². The van der Waals surface area contributed by atoms with Crippen LogP contribution in [0.15, 0.2) is 53.4 Å². The van der Waals surface area contributed by atoms with Gasteiger partial charge in [0.05, 0.1) is 23.6 Å². The van der Waals surface area contributed by atoms with Crippen LogP contribution < -0.4 is 9.04 Å². The maximum Gasteiger partial charge on any atom is 0.305 e. The Balaban J connectivity index is 2.40. The number of benzene rings is 2. The second kappa shape index (κ2) is 8.22. The first-order valence-corrected chi connectivity index (χ1v) is 9.39. The number of hydrogen-bond acceptors (Lipinski definition) is 4. The molecule has 1 N–H and O–H groups in total. The molecule has 2 aromatic carbocycles. The van der Waals surface area contributed by atoms with Crippen molar-refractivity contribution in [3.8, 4) is 5.75 Å². The predicted molar refractivity (Wildman–Crippen MR) is 95.8 cm³/mol. The van der Waals surface area contributed by atoms with Gasteiger partial charge in [-0.05, 0) is 55.5 Å². The van der Waals surface area contributed by atoms with Crippen LogP contribution in [-0.2, 0) is 14.8 Å². The molecule has 0 atom stereocenters. The van der Waals surface area contributed by atoms with Gasteiger partial charge in [0.1, 0.15) is 5.75 Å². The van der Waals surface area contributed by atoms with E-state index in [1.54, 1.807) is 24.3 Å². The van der Waals surface area contributed by atoms with Crippen molar-refractivity contribution in [2.45, 2.75) is 18.2 Å². The number of aliphatic carboxylic acids is 1. The number of rotatable bonds is 8. The summed E-state index contributed by atoms with van der Waals surface area (Å²) in [7, 11) is -3.92. The van der Waals surface area contributed by atoms with Crippen molar-refractivity contribution >= 4 is 33.3 Å². The Morgan fingerprint density at radius 1 is 1.12 bits per heavy atom. The fraction of sp³-hybridized carbons (Fsp3) is 0.235. The van der Waals surface area contributed by atoms with Crippen molar-refractivity contribution in [2.24, 2.45) is 0 Å². The number of carboxylic acids is 1. The Morgan fingerprint density at radius 3 is 2.24 bits per heavy atom. The van der Waals surface area contributed by atoms with E-state index >= 15 is 0 Å². The van der Waals surface area contributed by atoms with Crippen molar-refractivity contribution in [1.82, 2.24) is 0 Å². The standard InChI is InChI=1S/C17H18ClNO5S/c1-2-24-15-7-5-14(6-8-15)19(12-11-17(20)21)25(22,23)16-9-3-13(18)4-10-16/h3-10H,2,11-12H2,1H3,(H,20,21). The summed E-state index contributed by atoms with van der Waals surface area (Å²) in [6, 6.07) is 12.2. The van der Waals surface area contributed by atoms with Gasteiger partial charge in [-0.25, -0.2) is 8.42 Å². The molecule has 0 fully saturated rings. The molecule has 0 aliphatic rings. The van der Waals surface area contributed by atoms with Crippen molar-refractivity contribution in [2.75, 3.05) is 17.5 Å². The van der Waals surface area contributed by atoms with Gasteiger partial charge in [0.15, 0.2) is 0 Å². The molecule has 25 heavy (non-hydrogen) atoms. The number of anilines is 1. The summed E-state index contributed by atoms with van der Waals surface area (Å²) in [6.07, 6.45) is -0.319. The average molecular weight is 384 g/mol. The maximum atomic E-state index is 12.9. The molecule has 0 aliphatic carbocycles. The zero-order valence-electron chi connectivity index (χ0n) is 13.6. The number of halogens is 1. The van der Waals surface area contributed by atoms with Gasteiger partial charge in [-0.1, -0.05) is 11.6 Å². The molecule has 2 rings (SSSR count). The summed E-state index contributed by atoms with van der Waals surface area (Å²) in [4.78, 5) is 11.0. The predicted octanol–water partition coefficient (Wildman–Crippen LogP) is 3.41. The first-order chi connectivity index (χ1) is 11.8. The highest BCUT2D eigenvalue weighted by atomic mass is 35.5. The number of sulfonamides is 1. The van der Waals surface area contributed by atoms with Crippen LogP contribution in [0.4, 0.5) is 5.69 Å². The van der Waals surface area contributed by atoms with Gasteiger partial charge < -0.3 is 9.84 Å². The SMILES string of the molecule is CCOc1ccc(N(CCC(=O)O)S(=O)(=O)c2ccc(Cl)cc2)cc1. The molecule has 134 valence electrons. The molecule has 0 amide bonds. The van der Waals surface area contributed by atoms with Gasteiger partial charge in [-0.3, -0.25) is 9.10 Å². The highest BCUT2D eigenvalue weighted by Crippen LogP contribution is 2.27. The van der Waals surface area contributed by atoms with Gasteiger partial charge >= 0.3 is 5.97 Å². The Morgan fingerprint density at radius 2 is 1.72 bits per heavy atom. The van der Waals surface area contributed by atoms with E-state index in [4.69, 9.17) is 21.4 Å². The summed E-state index contributed by atoms with van der Waals surface area (Å²) < 4.78 is 32.3. The van der Waals surface area contributed by atoms with Crippen molar-refractivity contribution in [3.05, 3.63) is 53.6 Å². The summed E-state index contributed by atoms with van der Waals surface area (Å²) in [5.74, 6) is -0.476. The monoisotopic (exact) mass is 383 g/mol. The van der Waals surface area contributed by atoms with Gasteiger partial charge in [0.25, 0.3) is 10.0 Å². The van der Waals surface area contributed by atoms with Crippen molar-refractivity contribution in [3.63, 3.8) is 0 Å². The van der Waals surface area contributed by atoms with E-state index in [9.17, 15) is 13.2 Å². The van der Waals surface area contributed by atoms with E-state index in [0.717, 1.165) is 4.31 Å². The lowest BCUT2D eigenvalue weighted by Crippen LogP contribution is -2.33. The smallest absolute Gasteiger partial charge is 0.305 e. The summed E-state index contributed by atoms with van der Waals surface area (Å²) in [5, 5.41) is 9.35. The maximum absolute atomic E-state index is 12.9. The molecule has 0 aliphatic heterocycles. The quantitative estimate of drug-likeness (QED) is 0.755. The Hall–Kier alpha value is -2.25. The molecule has 2 aromatic rings. The van der Waals surface area contributed by atoms with Crippen LogP contribution in [0.3, 0.4) is 0 Å². The molecule has 0 aromatic heterocycles. The normalized spacial score (nSPS) is 11.1. The highest BCUT2D eigenvalue weighted by molar-refractivity contribution is 7.92. The van der Waals surface area contributed by atoms with Gasteiger partial charge in [-0.2, -0.15) is 0 Å². The highest BCUT2D eigenvalue weighted by Gasteiger charge is 2.25. The molecule has 0 heterocycles. The summed E-state index contributed by atoms with van der Waals surface area (Å²) >= 11 is 5.81. The van der Waals surface area contributed by atoms with E-state index in [1.165, 1.54) is 24.3 Å². The van der Waals surface area contributed by atoms with E-state index < -0.39 is 16.0 Å². The zero-order valence-corrected chi connectivity index (χ0v) is 15.1. The lowest BCUT2D eigenvalue weighted by atomic mass is 10.3. The first kappa shape index (κ1) is 19.1. The second-order valence-corrected chi connectivity index (χ2v) is 7.40. The fourth-order valence-electron chi connectivity index (χ4n) is 2.19. The Bertz CT molecular complexity index is 819. The Labute approximate surface area is 151 Å². The molecule has 0 unspecified atom stereocenters. The minimum absolute atomic E-state index is 0.0381. The average Bonchev–Trinajstić information content (AvgIpc) is 2.56. The number of carboxylic acid groups (broad SMARTS) is 1. The van der Waals surface area contributed by atoms with Crippen LogP contribution in [0.1, 0.15) is 13.3 Å². The molecule has 0 spiro atoms. The molecule has 0 bridgehead atoms. The number of hydrogen-bond donors (Lipinski definition) is 1.